The molecule has 146 valence electrons. The summed E-state index contributed by atoms with van der Waals surface area (Å²) in [5, 5.41) is 1.14. The minimum atomic E-state index is -4.54. The quantitative estimate of drug-likeness (QED) is 0.407. The van der Waals surface area contributed by atoms with Crippen LogP contribution < -0.4 is 9.47 Å². The standard InChI is InChI=1S/C19H11Cl3F3NO2/c20-14-9-11(19(23,24)25)10-26-18(14)28-16-6-5-15(27-8-7-17(21)22)12-3-1-2-4-13(12)16/h1-7,9-10H,8H2. The molecule has 0 spiro atoms. The summed E-state index contributed by atoms with van der Waals surface area (Å²) in [7, 11) is 0. The first-order valence-corrected chi connectivity index (χ1v) is 8.95. The summed E-state index contributed by atoms with van der Waals surface area (Å²) in [5.41, 5.74) is -0.954. The molecule has 0 fully saturated rings. The van der Waals surface area contributed by atoms with Crippen LogP contribution in [0.3, 0.4) is 0 Å². The zero-order valence-electron chi connectivity index (χ0n) is 13.9. The summed E-state index contributed by atoms with van der Waals surface area (Å²) in [6, 6.07) is 11.2. The number of aromatic nitrogens is 1. The number of pyridine rings is 1. The van der Waals surface area contributed by atoms with Gasteiger partial charge in [-0.2, -0.15) is 13.2 Å². The highest BCUT2D eigenvalue weighted by Crippen LogP contribution is 2.38. The molecular weight excluding hydrogens is 438 g/mol. The Hall–Kier alpha value is -2.15. The average molecular weight is 449 g/mol. The predicted octanol–water partition coefficient (Wildman–Crippen LogP) is 7.40. The maximum atomic E-state index is 12.8. The van der Waals surface area contributed by atoms with Crippen LogP contribution in [0.4, 0.5) is 13.2 Å². The van der Waals surface area contributed by atoms with Gasteiger partial charge in [0, 0.05) is 17.0 Å². The minimum Gasteiger partial charge on any atom is -0.489 e. The fourth-order valence-corrected chi connectivity index (χ4v) is 2.74. The van der Waals surface area contributed by atoms with Crippen molar-refractivity contribution in [3.63, 3.8) is 0 Å². The lowest BCUT2D eigenvalue weighted by molar-refractivity contribution is -0.137. The Bertz CT molecular complexity index is 1030. The fraction of sp³-hybridized carbons (Fsp3) is 0.105. The topological polar surface area (TPSA) is 31.4 Å². The summed E-state index contributed by atoms with van der Waals surface area (Å²) in [4.78, 5) is 3.70. The van der Waals surface area contributed by atoms with Gasteiger partial charge in [-0.15, -0.1) is 0 Å². The zero-order chi connectivity index (χ0) is 20.3. The summed E-state index contributed by atoms with van der Waals surface area (Å²) < 4.78 is 49.7. The van der Waals surface area contributed by atoms with Gasteiger partial charge in [-0.1, -0.05) is 59.1 Å². The molecule has 1 aromatic heterocycles. The second-order valence-electron chi connectivity index (χ2n) is 5.52. The van der Waals surface area contributed by atoms with Crippen molar-refractivity contribution in [2.45, 2.75) is 6.18 Å². The largest absolute Gasteiger partial charge is 0.489 e. The van der Waals surface area contributed by atoms with Crippen LogP contribution in [0.15, 0.2) is 59.2 Å². The van der Waals surface area contributed by atoms with Gasteiger partial charge in [-0.25, -0.2) is 4.98 Å². The normalized spacial score (nSPS) is 11.4. The minimum absolute atomic E-state index is 0.0901. The van der Waals surface area contributed by atoms with Crippen LogP contribution in [-0.2, 0) is 6.18 Å². The summed E-state index contributed by atoms with van der Waals surface area (Å²) >= 11 is 17.1. The van der Waals surface area contributed by atoms with Gasteiger partial charge in [0.25, 0.3) is 0 Å². The maximum absolute atomic E-state index is 12.8. The molecule has 0 amide bonds. The molecule has 3 rings (SSSR count). The third kappa shape index (κ3) is 4.82. The molecule has 28 heavy (non-hydrogen) atoms. The van der Waals surface area contributed by atoms with E-state index in [0.29, 0.717) is 23.1 Å². The second kappa shape index (κ2) is 8.47. The van der Waals surface area contributed by atoms with Crippen LogP contribution in [-0.4, -0.2) is 11.6 Å². The smallest absolute Gasteiger partial charge is 0.417 e. The van der Waals surface area contributed by atoms with E-state index in [0.717, 1.165) is 11.5 Å². The molecule has 0 aliphatic heterocycles. The molecule has 0 N–H and O–H groups in total. The highest BCUT2D eigenvalue weighted by Gasteiger charge is 2.31. The van der Waals surface area contributed by atoms with E-state index in [2.05, 4.69) is 4.98 Å². The molecule has 1 heterocycles. The lowest BCUT2D eigenvalue weighted by Crippen LogP contribution is -2.05. The van der Waals surface area contributed by atoms with Crippen LogP contribution in [0.5, 0.6) is 17.4 Å². The Morgan fingerprint density at radius 2 is 1.68 bits per heavy atom. The predicted molar refractivity (Wildman–Crippen MR) is 104 cm³/mol. The molecule has 0 atom stereocenters. The monoisotopic (exact) mass is 447 g/mol. The van der Waals surface area contributed by atoms with Gasteiger partial charge in [-0.3, -0.25) is 0 Å². The van der Waals surface area contributed by atoms with Crippen molar-refractivity contribution in [2.24, 2.45) is 0 Å². The average Bonchev–Trinajstić information content (AvgIpc) is 2.63. The summed E-state index contributed by atoms with van der Waals surface area (Å²) in [6.07, 6.45) is -2.38. The first kappa shape index (κ1) is 20.6. The van der Waals surface area contributed by atoms with Gasteiger partial charge in [0.05, 0.1) is 5.56 Å². The molecule has 0 unspecified atom stereocenters. The Balaban J connectivity index is 1.93. The summed E-state index contributed by atoms with van der Waals surface area (Å²) in [5.74, 6) is 0.786. The molecule has 0 saturated carbocycles. The third-order valence-corrected chi connectivity index (χ3v) is 4.24. The molecule has 2 aromatic carbocycles. The highest BCUT2D eigenvalue weighted by molar-refractivity contribution is 6.55. The first-order valence-electron chi connectivity index (χ1n) is 7.82. The van der Waals surface area contributed by atoms with Crippen molar-refractivity contribution in [1.29, 1.82) is 0 Å². The van der Waals surface area contributed by atoms with Crippen molar-refractivity contribution in [3.05, 3.63) is 69.8 Å². The van der Waals surface area contributed by atoms with Crippen molar-refractivity contribution in [2.75, 3.05) is 6.61 Å². The lowest BCUT2D eigenvalue weighted by Gasteiger charge is -2.13. The van der Waals surface area contributed by atoms with E-state index >= 15 is 0 Å². The number of fused-ring (bicyclic) bond motifs is 1. The van der Waals surface area contributed by atoms with Crippen LogP contribution >= 0.6 is 34.8 Å². The Morgan fingerprint density at radius 3 is 2.29 bits per heavy atom. The maximum Gasteiger partial charge on any atom is 0.417 e. The molecule has 0 radical (unpaired) electrons. The van der Waals surface area contributed by atoms with Gasteiger partial charge in [0.1, 0.15) is 27.6 Å². The lowest BCUT2D eigenvalue weighted by atomic mass is 10.1. The molecule has 0 bridgehead atoms. The molecule has 3 aromatic rings. The molecular formula is C19H11Cl3F3NO2. The van der Waals surface area contributed by atoms with E-state index in [1.807, 2.05) is 12.1 Å². The van der Waals surface area contributed by atoms with E-state index in [1.165, 1.54) is 6.08 Å². The van der Waals surface area contributed by atoms with Crippen LogP contribution in [0.1, 0.15) is 5.56 Å². The molecule has 9 heteroatoms. The molecule has 3 nitrogen and oxygen atoms in total. The molecule has 0 saturated heterocycles. The SMILES string of the molecule is FC(F)(F)c1cnc(Oc2ccc(OCC=C(Cl)Cl)c3ccccc23)c(Cl)c1. The van der Waals surface area contributed by atoms with Crippen molar-refractivity contribution >= 4 is 45.6 Å². The Morgan fingerprint density at radius 1 is 1.04 bits per heavy atom. The van der Waals surface area contributed by atoms with Crippen molar-refractivity contribution in [3.8, 4) is 17.4 Å². The van der Waals surface area contributed by atoms with Gasteiger partial charge < -0.3 is 9.47 Å². The number of nitrogens with zero attached hydrogens (tertiary/aromatic N) is 1. The van der Waals surface area contributed by atoms with E-state index in [9.17, 15) is 13.2 Å². The Labute approximate surface area is 173 Å². The molecule has 0 aliphatic rings. The van der Waals surface area contributed by atoms with E-state index < -0.39 is 11.7 Å². The van der Waals surface area contributed by atoms with Crippen LogP contribution in [0, 0.1) is 0 Å². The number of alkyl halides is 3. The van der Waals surface area contributed by atoms with Crippen molar-refractivity contribution in [1.82, 2.24) is 4.98 Å². The number of hydrogen-bond acceptors (Lipinski definition) is 3. The number of rotatable bonds is 5. The number of hydrogen-bond donors (Lipinski definition) is 0. The third-order valence-electron chi connectivity index (χ3n) is 3.66. The van der Waals surface area contributed by atoms with E-state index in [1.54, 1.807) is 24.3 Å². The highest BCUT2D eigenvalue weighted by atomic mass is 35.5. The fourth-order valence-electron chi connectivity index (χ4n) is 2.41. The van der Waals surface area contributed by atoms with Gasteiger partial charge >= 0.3 is 6.18 Å². The van der Waals surface area contributed by atoms with E-state index in [-0.39, 0.29) is 22.0 Å². The first-order chi connectivity index (χ1) is 13.3. The van der Waals surface area contributed by atoms with Gasteiger partial charge in [0.15, 0.2) is 0 Å². The number of halogens is 6. The van der Waals surface area contributed by atoms with E-state index in [4.69, 9.17) is 44.3 Å². The number of ether oxygens (including phenoxy) is 2. The van der Waals surface area contributed by atoms with Gasteiger partial charge in [-0.05, 0) is 24.3 Å². The van der Waals surface area contributed by atoms with Crippen LogP contribution in [0.2, 0.25) is 5.02 Å². The number of benzene rings is 2. The van der Waals surface area contributed by atoms with Crippen LogP contribution in [0.25, 0.3) is 10.8 Å². The molecule has 0 aliphatic carbocycles. The van der Waals surface area contributed by atoms with Crippen molar-refractivity contribution < 1.29 is 22.6 Å². The zero-order valence-corrected chi connectivity index (χ0v) is 16.2. The Kier molecular flexibility index (Phi) is 6.23. The summed E-state index contributed by atoms with van der Waals surface area (Å²) in [6.45, 7) is 0.165. The second-order valence-corrected chi connectivity index (χ2v) is 6.94. The van der Waals surface area contributed by atoms with Gasteiger partial charge in [0.2, 0.25) is 5.88 Å².